The summed E-state index contributed by atoms with van der Waals surface area (Å²) >= 11 is 1.22. The molecule has 1 aliphatic rings. The third kappa shape index (κ3) is 5.08. The zero-order chi connectivity index (χ0) is 14.4. The molecule has 1 fully saturated rings. The van der Waals surface area contributed by atoms with E-state index in [0.29, 0.717) is 30.7 Å². The van der Waals surface area contributed by atoms with Crippen molar-refractivity contribution in [1.82, 2.24) is 20.1 Å². The highest BCUT2D eigenvalue weighted by atomic mass is 32.2. The zero-order valence-corrected chi connectivity index (χ0v) is 12.2. The smallest absolute Gasteiger partial charge is 0.317 e. The monoisotopic (exact) mass is 301 g/mol. The Kier molecular flexibility index (Phi) is 5.77. The van der Waals surface area contributed by atoms with Gasteiger partial charge in [0.25, 0.3) is 0 Å². The number of ether oxygens (including phenoxy) is 2. The molecule has 8 nitrogen and oxygen atoms in total. The third-order valence-electron chi connectivity index (χ3n) is 2.72. The fourth-order valence-electron chi connectivity index (χ4n) is 1.79. The molecule has 112 valence electrons. The lowest BCUT2D eigenvalue weighted by molar-refractivity contribution is -0.146. The van der Waals surface area contributed by atoms with Crippen LogP contribution >= 0.6 is 11.8 Å². The first-order valence-electron chi connectivity index (χ1n) is 6.40. The predicted molar refractivity (Wildman–Crippen MR) is 73.2 cm³/mol. The van der Waals surface area contributed by atoms with Crippen LogP contribution in [0.1, 0.15) is 5.82 Å². The molecule has 0 radical (unpaired) electrons. The number of nitrogens with zero attached hydrogens (tertiary/aromatic N) is 3. The largest absolute Gasteiger partial charge is 0.445 e. The Labute approximate surface area is 121 Å². The molecule has 1 aliphatic heterocycles. The molecule has 0 bridgehead atoms. The summed E-state index contributed by atoms with van der Waals surface area (Å²) in [5, 5.41) is 7.17. The third-order valence-corrected chi connectivity index (χ3v) is 3.54. The average Bonchev–Trinajstić information content (AvgIpc) is 2.83. The standard InChI is InChI=1S/C11H19N5O3S/c1-8-13-11(15-14-8)20-7-10(17)19-9(12)6-16-2-4-18-5-3-16/h9H,2-7,12H2,1H3,(H,13,14,15). The van der Waals surface area contributed by atoms with Crippen molar-refractivity contribution in [3.63, 3.8) is 0 Å². The van der Waals surface area contributed by atoms with Crippen LogP contribution in [-0.4, -0.2) is 70.9 Å². The van der Waals surface area contributed by atoms with Gasteiger partial charge in [0.1, 0.15) is 5.82 Å². The van der Waals surface area contributed by atoms with Crippen LogP contribution in [0.15, 0.2) is 5.16 Å². The molecule has 3 N–H and O–H groups in total. The minimum absolute atomic E-state index is 0.147. The Bertz CT molecular complexity index is 435. The first kappa shape index (κ1) is 15.2. The number of aryl methyl sites for hydroxylation is 1. The quantitative estimate of drug-likeness (QED) is 0.406. The molecule has 1 atom stereocenters. The van der Waals surface area contributed by atoms with Gasteiger partial charge >= 0.3 is 5.97 Å². The van der Waals surface area contributed by atoms with E-state index in [1.807, 2.05) is 0 Å². The van der Waals surface area contributed by atoms with Crippen LogP contribution < -0.4 is 5.73 Å². The van der Waals surface area contributed by atoms with Gasteiger partial charge in [0.05, 0.1) is 19.0 Å². The van der Waals surface area contributed by atoms with Crippen LogP contribution in [-0.2, 0) is 14.3 Å². The van der Waals surface area contributed by atoms with Crippen molar-refractivity contribution in [3.8, 4) is 0 Å². The summed E-state index contributed by atoms with van der Waals surface area (Å²) in [5.41, 5.74) is 5.81. The van der Waals surface area contributed by atoms with Crippen molar-refractivity contribution in [3.05, 3.63) is 5.82 Å². The van der Waals surface area contributed by atoms with Crippen molar-refractivity contribution < 1.29 is 14.3 Å². The fourth-order valence-corrected chi connectivity index (χ4v) is 2.42. The fraction of sp³-hybridized carbons (Fsp3) is 0.727. The van der Waals surface area contributed by atoms with Crippen molar-refractivity contribution in [2.24, 2.45) is 5.73 Å². The van der Waals surface area contributed by atoms with Crippen LogP contribution in [0.3, 0.4) is 0 Å². The van der Waals surface area contributed by atoms with Crippen molar-refractivity contribution in [2.45, 2.75) is 18.3 Å². The van der Waals surface area contributed by atoms with E-state index < -0.39 is 6.23 Å². The number of hydrogen-bond donors (Lipinski definition) is 2. The maximum absolute atomic E-state index is 11.6. The minimum atomic E-state index is -0.616. The molecular weight excluding hydrogens is 282 g/mol. The highest BCUT2D eigenvalue weighted by Gasteiger charge is 2.17. The van der Waals surface area contributed by atoms with Crippen LogP contribution in [0.2, 0.25) is 0 Å². The maximum Gasteiger partial charge on any atom is 0.317 e. The molecule has 0 amide bonds. The van der Waals surface area contributed by atoms with Gasteiger partial charge in [0.15, 0.2) is 6.23 Å². The van der Waals surface area contributed by atoms with Gasteiger partial charge in [0, 0.05) is 19.6 Å². The first-order valence-corrected chi connectivity index (χ1v) is 7.39. The summed E-state index contributed by atoms with van der Waals surface area (Å²) in [5.74, 6) is 0.497. The van der Waals surface area contributed by atoms with E-state index in [0.717, 1.165) is 13.1 Å². The summed E-state index contributed by atoms with van der Waals surface area (Å²) in [7, 11) is 0. The number of thioether (sulfide) groups is 1. The Morgan fingerprint density at radius 2 is 2.35 bits per heavy atom. The van der Waals surface area contributed by atoms with Crippen LogP contribution in [0, 0.1) is 6.92 Å². The van der Waals surface area contributed by atoms with E-state index in [-0.39, 0.29) is 11.7 Å². The van der Waals surface area contributed by atoms with Gasteiger partial charge in [-0.05, 0) is 6.92 Å². The SMILES string of the molecule is Cc1nc(SCC(=O)OC(N)CN2CCOCC2)n[nH]1. The number of rotatable bonds is 6. The van der Waals surface area contributed by atoms with E-state index >= 15 is 0 Å². The normalized spacial score (nSPS) is 17.9. The van der Waals surface area contributed by atoms with Gasteiger partial charge in [-0.1, -0.05) is 11.8 Å². The average molecular weight is 301 g/mol. The van der Waals surface area contributed by atoms with Crippen LogP contribution in [0.25, 0.3) is 0 Å². The van der Waals surface area contributed by atoms with Crippen LogP contribution in [0.4, 0.5) is 0 Å². The number of esters is 1. The molecule has 1 unspecified atom stereocenters. The van der Waals surface area contributed by atoms with Gasteiger partial charge in [-0.2, -0.15) is 0 Å². The zero-order valence-electron chi connectivity index (χ0n) is 11.4. The number of carbonyl (C=O) groups is 1. The summed E-state index contributed by atoms with van der Waals surface area (Å²) in [6, 6.07) is 0. The number of aromatic nitrogens is 3. The second kappa shape index (κ2) is 7.58. The number of hydrogen-bond acceptors (Lipinski definition) is 8. The lowest BCUT2D eigenvalue weighted by Gasteiger charge is -2.28. The molecule has 20 heavy (non-hydrogen) atoms. The van der Waals surface area contributed by atoms with Crippen molar-refractivity contribution in [2.75, 3.05) is 38.6 Å². The lowest BCUT2D eigenvalue weighted by Crippen LogP contribution is -2.45. The van der Waals surface area contributed by atoms with E-state index in [2.05, 4.69) is 20.1 Å². The highest BCUT2D eigenvalue weighted by molar-refractivity contribution is 7.99. The second-order valence-electron chi connectivity index (χ2n) is 4.43. The summed E-state index contributed by atoms with van der Waals surface area (Å²) < 4.78 is 10.4. The molecule has 1 saturated heterocycles. The van der Waals surface area contributed by atoms with E-state index in [1.54, 1.807) is 6.92 Å². The molecule has 2 heterocycles. The first-order chi connectivity index (χ1) is 9.63. The van der Waals surface area contributed by atoms with Gasteiger partial charge < -0.3 is 9.47 Å². The molecule has 1 aromatic heterocycles. The minimum Gasteiger partial charge on any atom is -0.445 e. The molecule has 1 aromatic rings. The molecule has 9 heteroatoms. The van der Waals surface area contributed by atoms with E-state index in [1.165, 1.54) is 11.8 Å². The molecular formula is C11H19N5O3S. The topological polar surface area (TPSA) is 106 Å². The number of nitrogens with one attached hydrogen (secondary N) is 1. The molecule has 0 saturated carbocycles. The summed E-state index contributed by atoms with van der Waals surface area (Å²) in [4.78, 5) is 17.9. The number of aromatic amines is 1. The van der Waals surface area contributed by atoms with Gasteiger partial charge in [-0.3, -0.25) is 20.5 Å². The maximum atomic E-state index is 11.6. The van der Waals surface area contributed by atoms with Gasteiger partial charge in [-0.15, -0.1) is 5.10 Å². The molecule has 0 aromatic carbocycles. The number of morpholine rings is 1. The van der Waals surface area contributed by atoms with E-state index in [4.69, 9.17) is 15.2 Å². The van der Waals surface area contributed by atoms with Crippen LogP contribution in [0.5, 0.6) is 0 Å². The Hall–Kier alpha value is -1.16. The van der Waals surface area contributed by atoms with Crippen molar-refractivity contribution in [1.29, 1.82) is 0 Å². The van der Waals surface area contributed by atoms with Gasteiger partial charge in [0.2, 0.25) is 5.16 Å². The highest BCUT2D eigenvalue weighted by Crippen LogP contribution is 2.12. The number of nitrogens with two attached hydrogens (primary N) is 1. The molecule has 2 rings (SSSR count). The predicted octanol–water partition coefficient (Wildman–Crippen LogP) is -0.635. The summed E-state index contributed by atoms with van der Waals surface area (Å²) in [6.07, 6.45) is -0.616. The summed E-state index contributed by atoms with van der Waals surface area (Å²) in [6.45, 7) is 5.35. The number of H-pyrrole nitrogens is 1. The Morgan fingerprint density at radius 3 is 3.00 bits per heavy atom. The molecule has 0 aliphatic carbocycles. The second-order valence-corrected chi connectivity index (χ2v) is 5.38. The molecule has 0 spiro atoms. The Balaban J connectivity index is 1.65. The lowest BCUT2D eigenvalue weighted by atomic mass is 10.4. The Morgan fingerprint density at radius 1 is 1.60 bits per heavy atom. The van der Waals surface area contributed by atoms with E-state index in [9.17, 15) is 4.79 Å². The van der Waals surface area contributed by atoms with Crippen molar-refractivity contribution >= 4 is 17.7 Å². The van der Waals surface area contributed by atoms with Gasteiger partial charge in [-0.25, -0.2) is 4.98 Å². The number of carbonyl (C=O) groups excluding carboxylic acids is 1.